The lowest BCUT2D eigenvalue weighted by Crippen LogP contribution is -2.52. The van der Waals surface area contributed by atoms with Crippen molar-refractivity contribution in [2.45, 2.75) is 68.7 Å². The Bertz CT molecular complexity index is 1200. The SMILES string of the molecule is CC(C)CCN(CCCNC(=O)OC1C2COC3OC1CC3O2)S(=O)(=O)c1ccc2nc(N)sc2c1. The molecule has 4 heterocycles. The molecule has 3 bridgehead atoms. The van der Waals surface area contributed by atoms with Crippen molar-refractivity contribution >= 4 is 42.8 Å². The van der Waals surface area contributed by atoms with Crippen molar-refractivity contribution in [3.63, 3.8) is 0 Å². The van der Waals surface area contributed by atoms with Crippen LogP contribution >= 0.6 is 11.3 Å². The van der Waals surface area contributed by atoms with E-state index in [1.165, 1.54) is 15.6 Å². The number of nitrogens with one attached hydrogen (secondary N) is 1. The van der Waals surface area contributed by atoms with E-state index in [1.54, 1.807) is 18.2 Å². The van der Waals surface area contributed by atoms with Gasteiger partial charge in [0.15, 0.2) is 17.5 Å². The number of hydrogen-bond donors (Lipinski definition) is 2. The average Bonchev–Trinajstić information content (AvgIpc) is 3.35. The van der Waals surface area contributed by atoms with Crippen LogP contribution in [-0.4, -0.2) is 80.7 Å². The maximum Gasteiger partial charge on any atom is 0.407 e. The number of ether oxygens (including phenoxy) is 4. The number of sulfonamides is 1. The summed E-state index contributed by atoms with van der Waals surface area (Å²) in [6.45, 7) is 5.35. The molecule has 3 aliphatic heterocycles. The molecule has 13 heteroatoms. The Balaban J connectivity index is 1.17. The molecule has 1 amide bonds. The Morgan fingerprint density at radius 1 is 1.28 bits per heavy atom. The minimum atomic E-state index is -3.73. The first-order chi connectivity index (χ1) is 17.2. The van der Waals surface area contributed by atoms with Crippen molar-refractivity contribution in [2.24, 2.45) is 5.92 Å². The van der Waals surface area contributed by atoms with Crippen LogP contribution in [0.25, 0.3) is 10.2 Å². The topological polar surface area (TPSA) is 142 Å². The first kappa shape index (κ1) is 25.6. The van der Waals surface area contributed by atoms with Crippen LogP contribution in [0.4, 0.5) is 9.93 Å². The Morgan fingerprint density at radius 3 is 2.92 bits per heavy atom. The second kappa shape index (κ2) is 10.4. The number of alkyl carbamates (subject to hydrolysis) is 1. The lowest BCUT2D eigenvalue weighted by molar-refractivity contribution is -0.226. The van der Waals surface area contributed by atoms with Gasteiger partial charge >= 0.3 is 6.09 Å². The highest BCUT2D eigenvalue weighted by molar-refractivity contribution is 7.89. The summed E-state index contributed by atoms with van der Waals surface area (Å²) >= 11 is 1.26. The summed E-state index contributed by atoms with van der Waals surface area (Å²) in [5, 5.41) is 3.13. The maximum absolute atomic E-state index is 13.5. The number of nitrogens with zero attached hydrogens (tertiary/aromatic N) is 2. The van der Waals surface area contributed by atoms with E-state index in [2.05, 4.69) is 24.1 Å². The number of fused-ring (bicyclic) bond motifs is 3. The van der Waals surface area contributed by atoms with Gasteiger partial charge in [-0.1, -0.05) is 25.2 Å². The quantitative estimate of drug-likeness (QED) is 0.434. The molecule has 11 nitrogen and oxygen atoms in total. The molecule has 2 aromatic rings. The van der Waals surface area contributed by atoms with Gasteiger partial charge < -0.3 is 30.0 Å². The molecule has 3 saturated heterocycles. The summed E-state index contributed by atoms with van der Waals surface area (Å²) in [6.07, 6.45) is -0.338. The molecule has 3 fully saturated rings. The minimum absolute atomic E-state index is 0.0930. The molecule has 5 unspecified atom stereocenters. The van der Waals surface area contributed by atoms with E-state index in [1.807, 2.05) is 0 Å². The van der Waals surface area contributed by atoms with Gasteiger partial charge in [0.1, 0.15) is 18.3 Å². The molecule has 0 saturated carbocycles. The fourth-order valence-corrected chi connectivity index (χ4v) is 7.12. The lowest BCUT2D eigenvalue weighted by atomic mass is 9.99. The second-order valence-corrected chi connectivity index (χ2v) is 12.7. The van der Waals surface area contributed by atoms with E-state index < -0.39 is 22.2 Å². The first-order valence-corrected chi connectivity index (χ1v) is 14.5. The number of rotatable bonds is 10. The van der Waals surface area contributed by atoms with E-state index in [0.717, 1.165) is 11.1 Å². The lowest BCUT2D eigenvalue weighted by Gasteiger charge is -2.36. The van der Waals surface area contributed by atoms with Crippen molar-refractivity contribution in [1.29, 1.82) is 0 Å². The Morgan fingerprint density at radius 2 is 2.11 bits per heavy atom. The second-order valence-electron chi connectivity index (χ2n) is 9.74. The van der Waals surface area contributed by atoms with Gasteiger partial charge in [-0.15, -0.1) is 0 Å². The van der Waals surface area contributed by atoms with Crippen LogP contribution in [0.5, 0.6) is 0 Å². The Hall–Kier alpha value is -2.03. The van der Waals surface area contributed by atoms with Gasteiger partial charge in [0, 0.05) is 26.1 Å². The molecule has 1 aromatic carbocycles. The predicted molar refractivity (Wildman–Crippen MR) is 133 cm³/mol. The Labute approximate surface area is 214 Å². The van der Waals surface area contributed by atoms with Gasteiger partial charge in [-0.25, -0.2) is 18.2 Å². The Kier molecular flexibility index (Phi) is 7.39. The molecular weight excluding hydrogens is 508 g/mol. The summed E-state index contributed by atoms with van der Waals surface area (Å²) in [5.41, 5.74) is 6.45. The van der Waals surface area contributed by atoms with E-state index in [-0.39, 0.29) is 42.6 Å². The van der Waals surface area contributed by atoms with Crippen LogP contribution in [0.3, 0.4) is 0 Å². The zero-order chi connectivity index (χ0) is 25.4. The molecule has 3 aliphatic rings. The van der Waals surface area contributed by atoms with Gasteiger partial charge in [-0.2, -0.15) is 4.31 Å². The number of carbonyl (C=O) groups excluding carboxylic acids is 1. The van der Waals surface area contributed by atoms with Gasteiger partial charge in [0.05, 0.1) is 21.7 Å². The smallest absolute Gasteiger partial charge is 0.407 e. The third-order valence-corrected chi connectivity index (χ3v) is 9.39. The summed E-state index contributed by atoms with van der Waals surface area (Å²) < 4.78 is 51.9. The third-order valence-electron chi connectivity index (χ3n) is 6.65. The number of carbonyl (C=O) groups is 1. The maximum atomic E-state index is 13.5. The van der Waals surface area contributed by atoms with Crippen molar-refractivity contribution in [2.75, 3.05) is 32.0 Å². The minimum Gasteiger partial charge on any atom is -0.441 e. The molecule has 36 heavy (non-hydrogen) atoms. The van der Waals surface area contributed by atoms with Crippen molar-refractivity contribution in [3.05, 3.63) is 18.2 Å². The molecule has 0 aliphatic carbocycles. The molecule has 3 N–H and O–H groups in total. The number of thiazole rings is 1. The zero-order valence-electron chi connectivity index (χ0n) is 20.3. The first-order valence-electron chi connectivity index (χ1n) is 12.2. The molecular formula is C23H32N4O7S2. The van der Waals surface area contributed by atoms with Crippen molar-refractivity contribution < 1.29 is 32.2 Å². The van der Waals surface area contributed by atoms with Crippen molar-refractivity contribution in [1.82, 2.24) is 14.6 Å². The highest BCUT2D eigenvalue weighted by Crippen LogP contribution is 2.39. The number of anilines is 1. The molecule has 1 aromatic heterocycles. The van der Waals surface area contributed by atoms with Gasteiger partial charge in [-0.05, 0) is 37.0 Å². The van der Waals surface area contributed by atoms with E-state index >= 15 is 0 Å². The highest BCUT2D eigenvalue weighted by atomic mass is 32.2. The number of nitrogens with two attached hydrogens (primary N) is 1. The fraction of sp³-hybridized carbons (Fsp3) is 0.652. The largest absolute Gasteiger partial charge is 0.441 e. The number of aromatic nitrogens is 1. The zero-order valence-corrected chi connectivity index (χ0v) is 21.9. The predicted octanol–water partition coefficient (Wildman–Crippen LogP) is 2.31. The van der Waals surface area contributed by atoms with Crippen LogP contribution in [0, 0.1) is 5.92 Å². The third kappa shape index (κ3) is 5.31. The van der Waals surface area contributed by atoms with Crippen LogP contribution < -0.4 is 11.1 Å². The summed E-state index contributed by atoms with van der Waals surface area (Å²) in [5.74, 6) is 0.342. The van der Waals surface area contributed by atoms with Crippen LogP contribution in [0.1, 0.15) is 33.1 Å². The molecule has 5 atom stereocenters. The highest BCUT2D eigenvalue weighted by Gasteiger charge is 2.54. The number of nitrogen functional groups attached to an aromatic ring is 1. The average molecular weight is 541 g/mol. The monoisotopic (exact) mass is 540 g/mol. The van der Waals surface area contributed by atoms with E-state index in [0.29, 0.717) is 42.6 Å². The van der Waals surface area contributed by atoms with Crippen LogP contribution in [-0.2, 0) is 29.0 Å². The van der Waals surface area contributed by atoms with Gasteiger partial charge in [0.25, 0.3) is 0 Å². The molecule has 0 radical (unpaired) electrons. The summed E-state index contributed by atoms with van der Waals surface area (Å²) in [6, 6.07) is 4.86. The van der Waals surface area contributed by atoms with Crippen LogP contribution in [0.2, 0.25) is 0 Å². The van der Waals surface area contributed by atoms with Gasteiger partial charge in [0.2, 0.25) is 10.0 Å². The van der Waals surface area contributed by atoms with Gasteiger partial charge in [-0.3, -0.25) is 0 Å². The van der Waals surface area contributed by atoms with Crippen LogP contribution in [0.15, 0.2) is 23.1 Å². The number of hydrogen-bond acceptors (Lipinski definition) is 10. The standard InChI is InChI=1S/C23H32N4O7S2/c1-13(2)6-9-27(36(29,30)14-4-5-15-19(10-14)35-22(24)26-15)8-3-7-25-23(28)34-20-16-11-17-21(33-16)31-12-18(20)32-17/h4-5,10,13,16-18,20-21H,3,6-9,11-12H2,1-2H3,(H2,24,26)(H,25,28). The van der Waals surface area contributed by atoms with E-state index in [4.69, 9.17) is 24.7 Å². The molecule has 5 rings (SSSR count). The normalized spacial score (nSPS) is 27.3. The number of benzene rings is 1. The summed E-state index contributed by atoms with van der Waals surface area (Å²) in [4.78, 5) is 16.8. The van der Waals surface area contributed by atoms with Crippen molar-refractivity contribution in [3.8, 4) is 0 Å². The fourth-order valence-electron chi connectivity index (χ4n) is 4.75. The summed E-state index contributed by atoms with van der Waals surface area (Å²) in [7, 11) is -3.73. The molecule has 0 spiro atoms. The number of amides is 1. The molecule has 198 valence electrons. The van der Waals surface area contributed by atoms with E-state index in [9.17, 15) is 13.2 Å².